The van der Waals surface area contributed by atoms with Crippen molar-refractivity contribution in [1.82, 2.24) is 29.2 Å². The molecule has 1 aromatic heterocycles. The van der Waals surface area contributed by atoms with Crippen molar-refractivity contribution >= 4 is 15.9 Å². The molecule has 3 heterocycles. The summed E-state index contributed by atoms with van der Waals surface area (Å²) in [6.07, 6.45) is 4.00. The van der Waals surface area contributed by atoms with Crippen molar-refractivity contribution in [3.8, 4) is 5.75 Å². The molecule has 1 aliphatic carbocycles. The van der Waals surface area contributed by atoms with Crippen LogP contribution < -0.4 is 4.74 Å². The Morgan fingerprint density at radius 2 is 1.67 bits per heavy atom. The van der Waals surface area contributed by atoms with Gasteiger partial charge in [0.25, 0.3) is 0 Å². The second-order valence-corrected chi connectivity index (χ2v) is 13.0. The minimum atomic E-state index is -3.83. The maximum absolute atomic E-state index is 13.8. The lowest BCUT2D eigenvalue weighted by atomic mass is 9.96. The number of rotatable bonds is 9. The van der Waals surface area contributed by atoms with Crippen LogP contribution in [0.1, 0.15) is 53.4 Å². The Labute approximate surface area is 231 Å². The summed E-state index contributed by atoms with van der Waals surface area (Å²) in [5, 5.41) is 8.05. The number of hydrogen-bond donors (Lipinski definition) is 0. The monoisotopic (exact) mass is 560 g/mol. The van der Waals surface area contributed by atoms with E-state index < -0.39 is 10.0 Å². The number of amides is 1. The van der Waals surface area contributed by atoms with E-state index >= 15 is 0 Å². The zero-order chi connectivity index (χ0) is 27.7. The Hall–Kier alpha value is -2.54. The number of piperidine rings is 1. The summed E-state index contributed by atoms with van der Waals surface area (Å²) in [5.41, 5.74) is 1.24. The smallest absolute Gasteiger partial charge is 0.311 e. The second kappa shape index (κ2) is 11.5. The average molecular weight is 561 g/mol. The number of aromatic nitrogens is 2. The normalized spacial score (nSPS) is 20.1. The van der Waals surface area contributed by atoms with Crippen LogP contribution in [-0.4, -0.2) is 110 Å². The largest absolute Gasteiger partial charge is 0.497 e. The molecule has 12 heteroatoms. The predicted octanol–water partition coefficient (Wildman–Crippen LogP) is 2.15. The SMILES string of the molecule is COc1cc(C)c(S(=O)(=O)N(Cc2nnc(C(=O)N3CCN(CC4CCN(C)CC4)CC3)o2)C2CC2)c(C)c1. The second-order valence-electron chi connectivity index (χ2n) is 11.2. The molecule has 2 aromatic rings. The summed E-state index contributed by atoms with van der Waals surface area (Å²) < 4.78 is 40.0. The summed E-state index contributed by atoms with van der Waals surface area (Å²) in [7, 11) is -0.0944. The van der Waals surface area contributed by atoms with Crippen molar-refractivity contribution < 1.29 is 22.4 Å². The van der Waals surface area contributed by atoms with Crippen LogP contribution in [0.15, 0.2) is 21.4 Å². The molecule has 2 aliphatic heterocycles. The molecule has 5 rings (SSSR count). The first-order chi connectivity index (χ1) is 18.7. The molecule has 214 valence electrons. The molecule has 1 aromatic carbocycles. The van der Waals surface area contributed by atoms with Gasteiger partial charge < -0.3 is 19.0 Å². The van der Waals surface area contributed by atoms with Crippen molar-refractivity contribution in [2.45, 2.75) is 57.0 Å². The van der Waals surface area contributed by atoms with Gasteiger partial charge in [-0.05, 0) is 88.8 Å². The van der Waals surface area contributed by atoms with E-state index in [0.717, 1.165) is 51.5 Å². The molecule has 0 radical (unpaired) electrons. The summed E-state index contributed by atoms with van der Waals surface area (Å²) in [6.45, 7) is 9.74. The average Bonchev–Trinajstić information content (AvgIpc) is 3.64. The van der Waals surface area contributed by atoms with Gasteiger partial charge in [0.05, 0.1) is 18.6 Å². The molecule has 3 aliphatic rings. The third-order valence-electron chi connectivity index (χ3n) is 8.15. The molecule has 3 fully saturated rings. The van der Waals surface area contributed by atoms with Crippen molar-refractivity contribution in [3.05, 3.63) is 35.0 Å². The molecule has 1 amide bonds. The van der Waals surface area contributed by atoms with Crippen LogP contribution >= 0.6 is 0 Å². The summed E-state index contributed by atoms with van der Waals surface area (Å²) in [4.78, 5) is 20.0. The van der Waals surface area contributed by atoms with E-state index in [9.17, 15) is 13.2 Å². The number of aryl methyl sites for hydroxylation is 2. The van der Waals surface area contributed by atoms with Crippen molar-refractivity contribution in [3.63, 3.8) is 0 Å². The fraction of sp³-hybridized carbons (Fsp3) is 0.667. The number of carbonyl (C=O) groups is 1. The first-order valence-corrected chi connectivity index (χ1v) is 15.3. The molecule has 0 spiro atoms. The number of piperazine rings is 1. The first kappa shape index (κ1) is 28.0. The molecular formula is C27H40N6O5S. The number of ether oxygens (including phenoxy) is 1. The van der Waals surface area contributed by atoms with Crippen LogP contribution in [-0.2, 0) is 16.6 Å². The quantitative estimate of drug-likeness (QED) is 0.455. The van der Waals surface area contributed by atoms with Gasteiger partial charge in [0, 0.05) is 38.8 Å². The van der Waals surface area contributed by atoms with Gasteiger partial charge in [0.15, 0.2) is 0 Å². The third-order valence-corrected chi connectivity index (χ3v) is 10.3. The van der Waals surface area contributed by atoms with Crippen molar-refractivity contribution in [1.29, 1.82) is 0 Å². The molecule has 0 N–H and O–H groups in total. The minimum absolute atomic E-state index is 0.0669. The molecule has 0 atom stereocenters. The van der Waals surface area contributed by atoms with Gasteiger partial charge in [-0.25, -0.2) is 8.42 Å². The number of methoxy groups -OCH3 is 1. The van der Waals surface area contributed by atoms with E-state index in [2.05, 4.69) is 27.0 Å². The number of sulfonamides is 1. The topological polar surface area (TPSA) is 112 Å². The Morgan fingerprint density at radius 3 is 2.26 bits per heavy atom. The Kier molecular flexibility index (Phi) is 8.27. The van der Waals surface area contributed by atoms with Gasteiger partial charge in [-0.3, -0.25) is 9.69 Å². The third kappa shape index (κ3) is 6.29. The number of carbonyl (C=O) groups excluding carboxylic acids is 1. The highest BCUT2D eigenvalue weighted by Gasteiger charge is 2.41. The van der Waals surface area contributed by atoms with Crippen LogP contribution in [0, 0.1) is 19.8 Å². The molecule has 39 heavy (non-hydrogen) atoms. The van der Waals surface area contributed by atoms with Gasteiger partial charge >= 0.3 is 11.8 Å². The fourth-order valence-corrected chi connectivity index (χ4v) is 7.79. The molecule has 11 nitrogen and oxygen atoms in total. The van der Waals surface area contributed by atoms with Gasteiger partial charge in [0.2, 0.25) is 15.9 Å². The number of likely N-dealkylation sites (tertiary alicyclic amines) is 1. The van der Waals surface area contributed by atoms with E-state index in [1.165, 1.54) is 17.1 Å². The summed E-state index contributed by atoms with van der Waals surface area (Å²) in [5.74, 6) is 1.08. The van der Waals surface area contributed by atoms with E-state index in [4.69, 9.17) is 9.15 Å². The Bertz CT molecular complexity index is 1250. The van der Waals surface area contributed by atoms with Crippen LogP contribution in [0.5, 0.6) is 5.75 Å². The van der Waals surface area contributed by atoms with Gasteiger partial charge in [-0.15, -0.1) is 10.2 Å². The maximum atomic E-state index is 13.8. The van der Waals surface area contributed by atoms with Gasteiger partial charge in [-0.2, -0.15) is 4.31 Å². The fourth-order valence-electron chi connectivity index (χ4n) is 5.74. The molecule has 1 saturated carbocycles. The van der Waals surface area contributed by atoms with Crippen molar-refractivity contribution in [2.24, 2.45) is 5.92 Å². The Balaban J connectivity index is 1.22. The molecule has 0 bridgehead atoms. The van der Waals surface area contributed by atoms with E-state index in [0.29, 0.717) is 30.0 Å². The zero-order valence-electron chi connectivity index (χ0n) is 23.4. The highest BCUT2D eigenvalue weighted by Crippen LogP contribution is 2.36. The van der Waals surface area contributed by atoms with Crippen LogP contribution in [0.3, 0.4) is 0 Å². The van der Waals surface area contributed by atoms with E-state index in [1.54, 1.807) is 38.0 Å². The van der Waals surface area contributed by atoms with Crippen LogP contribution in [0.4, 0.5) is 0 Å². The van der Waals surface area contributed by atoms with Crippen LogP contribution in [0.25, 0.3) is 0 Å². The lowest BCUT2D eigenvalue weighted by Gasteiger charge is -2.37. The van der Waals surface area contributed by atoms with Gasteiger partial charge in [0.1, 0.15) is 5.75 Å². The lowest BCUT2D eigenvalue weighted by Crippen LogP contribution is -2.50. The van der Waals surface area contributed by atoms with Crippen LogP contribution in [0.2, 0.25) is 0 Å². The van der Waals surface area contributed by atoms with E-state index in [-0.39, 0.29) is 35.2 Å². The maximum Gasteiger partial charge on any atom is 0.311 e. The summed E-state index contributed by atoms with van der Waals surface area (Å²) >= 11 is 0. The molecule has 0 unspecified atom stereocenters. The standard InChI is InChI=1S/C27H40N6O5S/c1-19-15-23(37-4)16-20(2)25(19)39(35,36)33(22-5-6-22)18-24-28-29-26(38-24)27(34)32-13-11-31(12-14-32)17-21-7-9-30(3)10-8-21/h15-16,21-22H,5-14,17-18H2,1-4H3. The highest BCUT2D eigenvalue weighted by molar-refractivity contribution is 7.89. The zero-order valence-corrected chi connectivity index (χ0v) is 24.2. The number of benzene rings is 1. The minimum Gasteiger partial charge on any atom is -0.497 e. The van der Waals surface area contributed by atoms with Gasteiger partial charge in [-0.1, -0.05) is 0 Å². The van der Waals surface area contributed by atoms with E-state index in [1.807, 2.05) is 0 Å². The Morgan fingerprint density at radius 1 is 1.03 bits per heavy atom. The summed E-state index contributed by atoms with van der Waals surface area (Å²) in [6, 6.07) is 3.32. The number of hydrogen-bond acceptors (Lipinski definition) is 9. The lowest BCUT2D eigenvalue weighted by molar-refractivity contribution is 0.0556. The molecule has 2 saturated heterocycles. The highest BCUT2D eigenvalue weighted by atomic mass is 32.2. The number of nitrogens with zero attached hydrogens (tertiary/aromatic N) is 6. The molecular weight excluding hydrogens is 520 g/mol. The first-order valence-electron chi connectivity index (χ1n) is 13.9. The predicted molar refractivity (Wildman–Crippen MR) is 145 cm³/mol. The van der Waals surface area contributed by atoms with Crippen molar-refractivity contribution in [2.75, 3.05) is 60.0 Å².